The molecule has 0 saturated carbocycles. The molecule has 28 nitrogen and oxygen atoms in total. The number of guanidine groups is 1. The maximum Gasteiger partial charge on any atom is 0.352 e. The normalized spacial score (nSPS) is 16.1. The number of rotatable bonds is 35. The fourth-order valence-electron chi connectivity index (χ4n) is 7.73. The lowest BCUT2D eigenvalue weighted by Gasteiger charge is -2.30. The van der Waals surface area contributed by atoms with Crippen LogP contribution in [0.15, 0.2) is 36.0 Å². The average Bonchev–Trinajstić information content (AvgIpc) is 3.88. The van der Waals surface area contributed by atoms with Crippen molar-refractivity contribution in [3.63, 3.8) is 0 Å². The molecule has 1 unspecified atom stereocenters. The van der Waals surface area contributed by atoms with Crippen LogP contribution in [-0.4, -0.2) is 176 Å². The molecule has 1 aliphatic heterocycles. The van der Waals surface area contributed by atoms with Crippen LogP contribution in [0.5, 0.6) is 5.75 Å². The first-order valence-corrected chi connectivity index (χ1v) is 25.0. The highest BCUT2D eigenvalue weighted by atomic mass is 16.5. The minimum atomic E-state index is -1.57. The van der Waals surface area contributed by atoms with E-state index in [1.54, 1.807) is 24.3 Å². The highest BCUT2D eigenvalue weighted by Crippen LogP contribution is 2.21. The molecule has 8 amide bonds. The maximum atomic E-state index is 14.3. The van der Waals surface area contributed by atoms with Crippen LogP contribution in [0.4, 0.5) is 0 Å². The highest BCUT2D eigenvalue weighted by Gasteiger charge is 2.39. The van der Waals surface area contributed by atoms with E-state index in [9.17, 15) is 53.4 Å². The number of carboxylic acid groups (broad SMARTS) is 1. The van der Waals surface area contributed by atoms with E-state index in [1.807, 2.05) is 0 Å². The third-order valence-electron chi connectivity index (χ3n) is 12.0. The molecule has 1 heterocycles. The van der Waals surface area contributed by atoms with E-state index in [-0.39, 0.29) is 77.1 Å². The predicted molar refractivity (Wildman–Crippen MR) is 275 cm³/mol. The van der Waals surface area contributed by atoms with E-state index >= 15 is 0 Å². The lowest BCUT2D eigenvalue weighted by atomic mass is 10.0. The summed E-state index contributed by atoms with van der Waals surface area (Å²) in [6.45, 7) is 1.23. The van der Waals surface area contributed by atoms with Crippen LogP contribution in [-0.2, 0) is 49.6 Å². The van der Waals surface area contributed by atoms with Gasteiger partial charge in [-0.15, -0.1) is 0 Å². The quantitative estimate of drug-likeness (QED) is 0.0130. The van der Waals surface area contributed by atoms with E-state index < -0.39 is 120 Å². The number of likely N-dealkylation sites (tertiary alicyclic amines) is 1. The van der Waals surface area contributed by atoms with Gasteiger partial charge >= 0.3 is 5.97 Å². The first-order chi connectivity index (χ1) is 35.7. The number of unbranched alkanes of at least 4 members (excludes halogenated alkanes) is 2. The molecule has 0 spiro atoms. The first kappa shape index (κ1) is 64.1. The summed E-state index contributed by atoms with van der Waals surface area (Å²) in [5, 5.41) is 47.5. The second-order valence-electron chi connectivity index (χ2n) is 17.9. The highest BCUT2D eigenvalue weighted by molar-refractivity contribution is 5.99. The van der Waals surface area contributed by atoms with Crippen molar-refractivity contribution >= 4 is 59.2 Å². The van der Waals surface area contributed by atoms with E-state index in [0.717, 1.165) is 0 Å². The minimum absolute atomic E-state index is 0.0454. The van der Waals surface area contributed by atoms with Crippen molar-refractivity contribution in [2.75, 3.05) is 52.9 Å². The van der Waals surface area contributed by atoms with Crippen LogP contribution in [0.3, 0.4) is 0 Å². The second kappa shape index (κ2) is 34.5. The number of carbonyl (C=O) groups is 9. The van der Waals surface area contributed by atoms with Crippen molar-refractivity contribution in [2.24, 2.45) is 34.4 Å². The average molecular weight is 1060 g/mol. The number of aliphatic carboxylic acids is 1. The maximum absolute atomic E-state index is 14.3. The molecule has 1 fully saturated rings. The molecule has 1 aromatic rings. The van der Waals surface area contributed by atoms with Crippen molar-refractivity contribution < 1.29 is 58.1 Å². The molecule has 0 aromatic heterocycles. The SMILES string of the molecule is COc1ccc(CC(NC(=O)[C@@H]2CCCN2C(=O)[C@@H](CCCN)NC(=O)CNC(=O)[C@H](C)NC(=O)[C@@H](NC(=O)[C@@H](N)CCCCN)[C@@H](O)CN)C(=O)N[C@@H](CCCCN)C(=O)N/C(=C\CCNC(=N)N)C(=O)O)cc1. The number of benzene rings is 1. The van der Waals surface area contributed by atoms with Gasteiger partial charge in [-0.3, -0.25) is 43.8 Å². The summed E-state index contributed by atoms with van der Waals surface area (Å²) in [6, 6.07) is -2.17. The fourth-order valence-corrected chi connectivity index (χ4v) is 7.73. The molecule has 0 bridgehead atoms. The minimum Gasteiger partial charge on any atom is -0.497 e. The third-order valence-corrected chi connectivity index (χ3v) is 12.0. The lowest BCUT2D eigenvalue weighted by Crippen LogP contribution is -2.60. The number of aliphatic hydroxyl groups excluding tert-OH is 1. The van der Waals surface area contributed by atoms with Crippen molar-refractivity contribution in [2.45, 2.75) is 132 Å². The zero-order chi connectivity index (χ0) is 56.0. The van der Waals surface area contributed by atoms with Crippen LogP contribution in [0.25, 0.3) is 0 Å². The number of ether oxygens (including phenoxy) is 1. The molecular weight excluding hydrogens is 981 g/mol. The summed E-state index contributed by atoms with van der Waals surface area (Å²) in [4.78, 5) is 122. The smallest absolute Gasteiger partial charge is 0.352 e. The lowest BCUT2D eigenvalue weighted by molar-refractivity contribution is -0.142. The number of amides is 8. The molecule has 28 heteroatoms. The van der Waals surface area contributed by atoms with Crippen molar-refractivity contribution in [1.82, 2.24) is 47.4 Å². The summed E-state index contributed by atoms with van der Waals surface area (Å²) >= 11 is 0. The van der Waals surface area contributed by atoms with Crippen LogP contribution in [0, 0.1) is 5.41 Å². The van der Waals surface area contributed by atoms with Gasteiger partial charge in [-0.2, -0.15) is 0 Å². The standard InChI is InChI=1S/C47H80N16O12/c1-27(57-44(71)38(36(64)25-51)62-40(67)30(52)10-3-5-19-48)39(66)56-26-37(65)58-32(12-7-21-50)45(72)63-23-9-14-35(63)43(70)61-34(24-28-15-17-29(75-2)18-16-28)42(69)59-31(11-4-6-20-49)41(68)60-33(46(73)74)13-8-22-55-47(53)54/h13,15-18,27,30-32,34-36,38,64H,3-12,14,19-26,48-52H2,1-2H3,(H,56,66)(H,57,71)(H,58,65)(H,59,69)(H,60,68)(H,61,70)(H,62,67)(H,73,74)(H4,53,54,55)/b33-13-/t27-,30-,31-,32+,34?,35-,36-,38-/m0/s1. The Kier molecular flexibility index (Phi) is 29.5. The molecule has 0 radical (unpaired) electrons. The number of hydrogen-bond acceptors (Lipinski definition) is 17. The van der Waals surface area contributed by atoms with Crippen LogP contribution in [0.1, 0.15) is 83.1 Å². The monoisotopic (exact) mass is 1060 g/mol. The second-order valence-corrected chi connectivity index (χ2v) is 17.9. The molecule has 1 aromatic carbocycles. The third kappa shape index (κ3) is 23.0. The Balaban J connectivity index is 2.27. The van der Waals surface area contributed by atoms with Gasteiger partial charge in [0, 0.05) is 26.1 Å². The number of nitrogens with one attached hydrogen (secondary N) is 9. The number of carbonyl (C=O) groups excluding carboxylic acids is 8. The number of nitrogens with two attached hydrogens (primary N) is 6. The molecule has 75 heavy (non-hydrogen) atoms. The molecule has 1 saturated heterocycles. The van der Waals surface area contributed by atoms with Gasteiger partial charge in [0.2, 0.25) is 47.3 Å². The molecule has 420 valence electrons. The largest absolute Gasteiger partial charge is 0.497 e. The van der Waals surface area contributed by atoms with Gasteiger partial charge in [0.25, 0.3) is 0 Å². The van der Waals surface area contributed by atoms with Gasteiger partial charge < -0.3 is 96.8 Å². The van der Waals surface area contributed by atoms with Crippen LogP contribution >= 0.6 is 0 Å². The zero-order valence-electron chi connectivity index (χ0n) is 42.8. The number of nitrogens with zero attached hydrogens (tertiary/aromatic N) is 1. The van der Waals surface area contributed by atoms with E-state index in [0.29, 0.717) is 50.0 Å². The Morgan fingerprint density at radius 1 is 0.773 bits per heavy atom. The summed E-state index contributed by atoms with van der Waals surface area (Å²) in [5.74, 6) is -7.59. The van der Waals surface area contributed by atoms with Gasteiger partial charge in [-0.25, -0.2) is 4.79 Å². The summed E-state index contributed by atoms with van der Waals surface area (Å²) in [5.41, 5.74) is 33.9. The number of hydrogen-bond donors (Lipinski definition) is 17. The van der Waals surface area contributed by atoms with E-state index in [2.05, 4.69) is 42.5 Å². The van der Waals surface area contributed by atoms with Crippen molar-refractivity contribution in [3.8, 4) is 5.75 Å². The zero-order valence-corrected chi connectivity index (χ0v) is 42.8. The van der Waals surface area contributed by atoms with Crippen molar-refractivity contribution in [3.05, 3.63) is 41.6 Å². The van der Waals surface area contributed by atoms with Gasteiger partial charge in [-0.1, -0.05) is 24.6 Å². The molecule has 23 N–H and O–H groups in total. The Hall–Kier alpha value is -6.98. The van der Waals surface area contributed by atoms with Crippen molar-refractivity contribution in [1.29, 1.82) is 5.41 Å². The van der Waals surface area contributed by atoms with Gasteiger partial charge in [0.05, 0.1) is 25.8 Å². The van der Waals surface area contributed by atoms with Crippen LogP contribution < -0.4 is 81.7 Å². The van der Waals surface area contributed by atoms with E-state index in [1.165, 1.54) is 25.0 Å². The fraction of sp³-hybridized carbons (Fsp3) is 0.617. The Morgan fingerprint density at radius 2 is 1.41 bits per heavy atom. The molecule has 2 rings (SSSR count). The Morgan fingerprint density at radius 3 is 2.01 bits per heavy atom. The predicted octanol–water partition coefficient (Wildman–Crippen LogP) is -5.61. The molecular formula is C47H80N16O12. The van der Waals surface area contributed by atoms with Gasteiger partial charge in [0.1, 0.15) is 47.7 Å². The number of methoxy groups -OCH3 is 1. The summed E-state index contributed by atoms with van der Waals surface area (Å²) in [7, 11) is 1.48. The number of carboxylic acids is 1. The summed E-state index contributed by atoms with van der Waals surface area (Å²) in [6.07, 6.45) is 2.84. The number of aliphatic hydroxyl groups is 1. The molecule has 1 aliphatic rings. The first-order valence-electron chi connectivity index (χ1n) is 25.0. The summed E-state index contributed by atoms with van der Waals surface area (Å²) < 4.78 is 5.26. The van der Waals surface area contributed by atoms with Gasteiger partial charge in [0.15, 0.2) is 5.96 Å². The molecule has 0 aliphatic carbocycles. The topological polar surface area (TPSA) is 483 Å². The van der Waals surface area contributed by atoms with Gasteiger partial charge in [-0.05, 0) is 108 Å². The van der Waals surface area contributed by atoms with Crippen LogP contribution in [0.2, 0.25) is 0 Å². The Labute approximate surface area is 436 Å². The molecule has 8 atom stereocenters. The Bertz CT molecular complexity index is 2100. The van der Waals surface area contributed by atoms with E-state index in [4.69, 9.17) is 44.5 Å².